The predicted octanol–water partition coefficient (Wildman–Crippen LogP) is 3.33. The van der Waals surface area contributed by atoms with Crippen LogP contribution in [-0.2, 0) is 16.8 Å². The minimum absolute atomic E-state index is 0.105. The van der Waals surface area contributed by atoms with E-state index in [2.05, 4.69) is 15.0 Å². The first kappa shape index (κ1) is 19.8. The Bertz CT molecular complexity index is 1130. The Kier molecular flexibility index (Phi) is 4.81. The third-order valence-electron chi connectivity index (χ3n) is 6.23. The van der Waals surface area contributed by atoms with E-state index in [9.17, 15) is 9.18 Å². The Morgan fingerprint density at radius 3 is 2.65 bits per heavy atom. The van der Waals surface area contributed by atoms with Crippen LogP contribution >= 0.6 is 0 Å². The zero-order valence-electron chi connectivity index (χ0n) is 17.6. The van der Waals surface area contributed by atoms with Crippen molar-refractivity contribution in [2.45, 2.75) is 38.7 Å². The van der Waals surface area contributed by atoms with Gasteiger partial charge in [0.15, 0.2) is 0 Å². The number of aryl methyl sites for hydroxylation is 2. The van der Waals surface area contributed by atoms with E-state index in [4.69, 9.17) is 9.72 Å². The number of nitrogens with zero attached hydrogens (tertiary/aromatic N) is 4. The third-order valence-corrected chi connectivity index (χ3v) is 6.23. The molecule has 0 radical (unpaired) electrons. The van der Waals surface area contributed by atoms with Crippen molar-refractivity contribution in [2.75, 3.05) is 19.7 Å². The molecule has 1 aromatic carbocycles. The quantitative estimate of drug-likeness (QED) is 0.686. The number of hydrogen-bond donors (Lipinski definition) is 1. The molecular weight excluding hydrogens is 397 g/mol. The molecule has 2 aliphatic rings. The average Bonchev–Trinajstić information content (AvgIpc) is 3.16. The van der Waals surface area contributed by atoms with E-state index in [1.165, 1.54) is 12.1 Å². The average molecular weight is 421 g/mol. The van der Waals surface area contributed by atoms with E-state index in [0.29, 0.717) is 49.8 Å². The molecule has 3 aromatic rings. The molecule has 2 aromatic heterocycles. The summed E-state index contributed by atoms with van der Waals surface area (Å²) >= 11 is 0. The molecule has 1 spiro atoms. The van der Waals surface area contributed by atoms with Gasteiger partial charge in [-0.3, -0.25) is 4.79 Å². The SMILES string of the molecule is Cc1ncc2c(n1)C1(CCN(C(=O)c3nc(-c4ccc(F)cc4)[nH]c3C)CC1)OCC2. The van der Waals surface area contributed by atoms with Gasteiger partial charge in [0.2, 0.25) is 0 Å². The van der Waals surface area contributed by atoms with Crippen molar-refractivity contribution < 1.29 is 13.9 Å². The Morgan fingerprint density at radius 1 is 1.16 bits per heavy atom. The molecule has 5 rings (SSSR count). The first-order chi connectivity index (χ1) is 14.9. The fraction of sp³-hybridized carbons (Fsp3) is 0.391. The van der Waals surface area contributed by atoms with Gasteiger partial charge in [0.05, 0.1) is 12.3 Å². The van der Waals surface area contributed by atoms with Gasteiger partial charge < -0.3 is 14.6 Å². The summed E-state index contributed by atoms with van der Waals surface area (Å²) in [5.41, 5.74) is 3.52. The second-order valence-corrected chi connectivity index (χ2v) is 8.24. The van der Waals surface area contributed by atoms with E-state index >= 15 is 0 Å². The molecule has 160 valence electrons. The molecule has 0 bridgehead atoms. The minimum atomic E-state index is -0.446. The van der Waals surface area contributed by atoms with Crippen LogP contribution in [0.3, 0.4) is 0 Å². The summed E-state index contributed by atoms with van der Waals surface area (Å²) in [5.74, 6) is 0.887. The molecule has 0 aliphatic carbocycles. The zero-order chi connectivity index (χ0) is 21.6. The molecule has 0 atom stereocenters. The molecule has 1 saturated heterocycles. The van der Waals surface area contributed by atoms with Crippen molar-refractivity contribution in [3.05, 3.63) is 64.7 Å². The molecule has 0 saturated carbocycles. The van der Waals surface area contributed by atoms with Gasteiger partial charge in [0.25, 0.3) is 5.91 Å². The van der Waals surface area contributed by atoms with Gasteiger partial charge in [-0.05, 0) is 62.9 Å². The summed E-state index contributed by atoms with van der Waals surface area (Å²) in [6.07, 6.45) is 4.11. The van der Waals surface area contributed by atoms with Crippen LogP contribution in [0.5, 0.6) is 0 Å². The Morgan fingerprint density at radius 2 is 1.90 bits per heavy atom. The van der Waals surface area contributed by atoms with Crippen molar-refractivity contribution in [1.82, 2.24) is 24.8 Å². The Labute approximate surface area is 179 Å². The molecule has 4 heterocycles. The summed E-state index contributed by atoms with van der Waals surface area (Å²) in [6, 6.07) is 6.06. The smallest absolute Gasteiger partial charge is 0.274 e. The van der Waals surface area contributed by atoms with Crippen LogP contribution in [0.2, 0.25) is 0 Å². The second kappa shape index (κ2) is 7.53. The Balaban J connectivity index is 1.35. The van der Waals surface area contributed by atoms with Gasteiger partial charge in [-0.25, -0.2) is 19.3 Å². The minimum Gasteiger partial charge on any atom is -0.368 e. The number of aromatic nitrogens is 4. The van der Waals surface area contributed by atoms with E-state index < -0.39 is 5.60 Å². The standard InChI is InChI=1S/C23H24FN5O2/c1-14-19(28-21(26-14)16-3-5-18(24)6-4-16)22(30)29-10-8-23(9-11-29)20-17(7-12-31-23)13-25-15(2)27-20/h3-6,13H,7-12H2,1-2H3,(H,26,28). The van der Waals surface area contributed by atoms with Gasteiger partial charge in [-0.1, -0.05) is 0 Å². The molecule has 2 aliphatic heterocycles. The number of aromatic amines is 1. The number of amides is 1. The van der Waals surface area contributed by atoms with Crippen LogP contribution < -0.4 is 0 Å². The van der Waals surface area contributed by atoms with Crippen LogP contribution in [0.1, 0.15) is 46.1 Å². The highest BCUT2D eigenvalue weighted by molar-refractivity contribution is 5.94. The predicted molar refractivity (Wildman–Crippen MR) is 112 cm³/mol. The van der Waals surface area contributed by atoms with Crippen LogP contribution in [0, 0.1) is 19.7 Å². The van der Waals surface area contributed by atoms with Gasteiger partial charge >= 0.3 is 0 Å². The van der Waals surface area contributed by atoms with Crippen LogP contribution in [0.25, 0.3) is 11.4 Å². The number of benzene rings is 1. The van der Waals surface area contributed by atoms with Crippen LogP contribution in [-0.4, -0.2) is 50.4 Å². The van der Waals surface area contributed by atoms with Gasteiger partial charge in [-0.2, -0.15) is 0 Å². The normalized spacial score (nSPS) is 17.6. The highest BCUT2D eigenvalue weighted by atomic mass is 19.1. The topological polar surface area (TPSA) is 84.0 Å². The van der Waals surface area contributed by atoms with E-state index in [1.54, 1.807) is 12.1 Å². The largest absolute Gasteiger partial charge is 0.368 e. The number of nitrogens with one attached hydrogen (secondary N) is 1. The number of ether oxygens (including phenoxy) is 1. The van der Waals surface area contributed by atoms with Crippen molar-refractivity contribution in [3.8, 4) is 11.4 Å². The van der Waals surface area contributed by atoms with Crippen LogP contribution in [0.15, 0.2) is 30.5 Å². The van der Waals surface area contributed by atoms with Crippen molar-refractivity contribution in [2.24, 2.45) is 0 Å². The summed E-state index contributed by atoms with van der Waals surface area (Å²) in [6.45, 7) is 5.51. The van der Waals surface area contributed by atoms with Gasteiger partial charge in [-0.15, -0.1) is 0 Å². The second-order valence-electron chi connectivity index (χ2n) is 8.24. The highest BCUT2D eigenvalue weighted by Crippen LogP contribution is 2.40. The Hall–Kier alpha value is -3.13. The molecule has 31 heavy (non-hydrogen) atoms. The summed E-state index contributed by atoms with van der Waals surface area (Å²) < 4.78 is 19.5. The maximum atomic E-state index is 13.2. The number of carbonyl (C=O) groups is 1. The highest BCUT2D eigenvalue weighted by Gasteiger charge is 2.43. The van der Waals surface area contributed by atoms with E-state index in [1.807, 2.05) is 24.9 Å². The van der Waals surface area contributed by atoms with E-state index in [-0.39, 0.29) is 11.7 Å². The number of H-pyrrole nitrogens is 1. The molecule has 1 fully saturated rings. The lowest BCUT2D eigenvalue weighted by Crippen LogP contribution is -2.49. The first-order valence-electron chi connectivity index (χ1n) is 10.5. The van der Waals surface area contributed by atoms with Crippen LogP contribution in [0.4, 0.5) is 4.39 Å². The molecule has 8 heteroatoms. The fourth-order valence-electron chi connectivity index (χ4n) is 4.51. The molecule has 0 unspecified atom stereocenters. The number of piperidine rings is 1. The van der Waals surface area contributed by atoms with Crippen molar-refractivity contribution in [1.29, 1.82) is 0 Å². The number of fused-ring (bicyclic) bond motifs is 2. The summed E-state index contributed by atoms with van der Waals surface area (Å²) in [4.78, 5) is 31.7. The van der Waals surface area contributed by atoms with Gasteiger partial charge in [0, 0.05) is 30.5 Å². The number of hydrogen-bond acceptors (Lipinski definition) is 5. The summed E-state index contributed by atoms with van der Waals surface area (Å²) in [7, 11) is 0. The lowest BCUT2D eigenvalue weighted by molar-refractivity contribution is -0.0969. The molecule has 1 N–H and O–H groups in total. The van der Waals surface area contributed by atoms with E-state index in [0.717, 1.165) is 29.1 Å². The maximum Gasteiger partial charge on any atom is 0.274 e. The molecule has 7 nitrogen and oxygen atoms in total. The first-order valence-corrected chi connectivity index (χ1v) is 10.5. The summed E-state index contributed by atoms with van der Waals surface area (Å²) in [5, 5.41) is 0. The number of halogens is 1. The number of carbonyl (C=O) groups excluding carboxylic acids is 1. The fourth-order valence-corrected chi connectivity index (χ4v) is 4.51. The maximum absolute atomic E-state index is 13.2. The third kappa shape index (κ3) is 3.50. The molecular formula is C23H24FN5O2. The number of rotatable bonds is 2. The monoisotopic (exact) mass is 421 g/mol. The number of imidazole rings is 1. The number of likely N-dealkylation sites (tertiary alicyclic amines) is 1. The molecule has 1 amide bonds. The van der Waals surface area contributed by atoms with Crippen molar-refractivity contribution in [3.63, 3.8) is 0 Å². The van der Waals surface area contributed by atoms with Crippen molar-refractivity contribution >= 4 is 5.91 Å². The lowest BCUT2D eigenvalue weighted by Gasteiger charge is -2.44. The van der Waals surface area contributed by atoms with Gasteiger partial charge in [0.1, 0.15) is 28.8 Å². The zero-order valence-corrected chi connectivity index (χ0v) is 17.6. The lowest BCUT2D eigenvalue weighted by atomic mass is 9.83.